The van der Waals surface area contributed by atoms with Crippen LogP contribution in [-0.2, 0) is 47.8 Å². The van der Waals surface area contributed by atoms with Crippen LogP contribution in [0.25, 0.3) is 56.5 Å². The van der Waals surface area contributed by atoms with Gasteiger partial charge in [0.2, 0.25) is 11.8 Å². The summed E-state index contributed by atoms with van der Waals surface area (Å²) in [6.45, 7) is 7.75. The number of unbranched alkanes of at least 4 members (excludes halogenated alkanes) is 4. The van der Waals surface area contributed by atoms with Crippen molar-refractivity contribution >= 4 is 78.1 Å². The predicted molar refractivity (Wildman–Crippen MR) is 353 cm³/mol. The van der Waals surface area contributed by atoms with E-state index in [1.54, 1.807) is 26.4 Å². The molecule has 4 heterocycles. The number of carboxylic acids is 1. The van der Waals surface area contributed by atoms with Gasteiger partial charge in [-0.05, 0) is 179 Å². The molecular formula is C68H88N8O12S2. The van der Waals surface area contributed by atoms with Crippen molar-refractivity contribution in [3.05, 3.63) is 117 Å². The van der Waals surface area contributed by atoms with Gasteiger partial charge in [0.25, 0.3) is 20.4 Å². The monoisotopic (exact) mass is 1270 g/mol. The maximum atomic E-state index is 13.8. The van der Waals surface area contributed by atoms with Gasteiger partial charge in [-0.3, -0.25) is 9.59 Å². The lowest BCUT2D eigenvalue weighted by Gasteiger charge is -2.24. The molecule has 0 atom stereocenters. The van der Waals surface area contributed by atoms with Gasteiger partial charge in [0, 0.05) is 84.4 Å². The van der Waals surface area contributed by atoms with Crippen molar-refractivity contribution in [3.8, 4) is 34.0 Å². The second kappa shape index (κ2) is 28.9. The lowest BCUT2D eigenvalue weighted by molar-refractivity contribution is -0.118. The summed E-state index contributed by atoms with van der Waals surface area (Å²) >= 11 is 0. The molecule has 22 heteroatoms. The number of fused-ring (bicyclic) bond motifs is 10. The molecule has 0 unspecified atom stereocenters. The Balaban J connectivity index is 0.000000214. The van der Waals surface area contributed by atoms with Gasteiger partial charge in [-0.2, -0.15) is 25.4 Å². The molecule has 2 aromatic heterocycles. The van der Waals surface area contributed by atoms with Gasteiger partial charge < -0.3 is 39.1 Å². The van der Waals surface area contributed by atoms with Crippen molar-refractivity contribution in [1.82, 2.24) is 28.4 Å². The molecule has 0 spiro atoms. The quantitative estimate of drug-likeness (QED) is 0.0313. The molecule has 2 fully saturated rings. The van der Waals surface area contributed by atoms with Crippen LogP contribution in [0.2, 0.25) is 0 Å². The van der Waals surface area contributed by atoms with E-state index in [4.69, 9.17) is 24.5 Å². The zero-order valence-corrected chi connectivity index (χ0v) is 54.6. The Morgan fingerprint density at radius 2 is 0.989 bits per heavy atom. The highest BCUT2D eigenvalue weighted by Crippen LogP contribution is 2.49. The van der Waals surface area contributed by atoms with Gasteiger partial charge in [-0.25, -0.2) is 19.9 Å². The lowest BCUT2D eigenvalue weighted by atomic mass is 9.81. The van der Waals surface area contributed by atoms with E-state index in [1.807, 2.05) is 81.5 Å². The van der Waals surface area contributed by atoms with Gasteiger partial charge in [-0.1, -0.05) is 63.5 Å². The fourth-order valence-electron chi connectivity index (χ4n) is 13.1. The summed E-state index contributed by atoms with van der Waals surface area (Å²) in [4.78, 5) is 52.5. The molecule has 90 heavy (non-hydrogen) atoms. The first-order valence-electron chi connectivity index (χ1n) is 31.5. The Morgan fingerprint density at radius 1 is 0.578 bits per heavy atom. The normalized spacial score (nSPS) is 15.5. The number of ether oxygens (including phenoxy) is 3. The fraction of sp³-hybridized carbons (Fsp3) is 0.471. The molecule has 20 nitrogen and oxygen atoms in total. The zero-order chi connectivity index (χ0) is 64.7. The number of hydrogen-bond donors (Lipinski definition) is 5. The molecule has 2 saturated carbocycles. The minimum Gasteiger partial charge on any atom is -0.497 e. The molecule has 2 aliphatic carbocycles. The molecule has 6 aromatic rings. The van der Waals surface area contributed by atoms with Crippen LogP contribution in [0.15, 0.2) is 83.9 Å². The topological polar surface area (TPSA) is 277 Å². The van der Waals surface area contributed by atoms with Crippen molar-refractivity contribution in [3.63, 3.8) is 0 Å². The summed E-state index contributed by atoms with van der Waals surface area (Å²) in [6.07, 6.45) is 19.5. The number of nitrogens with zero attached hydrogens (tertiary/aromatic N) is 4. The average Bonchev–Trinajstić information content (AvgIpc) is 1.60. The van der Waals surface area contributed by atoms with E-state index in [0.29, 0.717) is 105 Å². The third-order valence-corrected chi connectivity index (χ3v) is 19.9. The van der Waals surface area contributed by atoms with Crippen LogP contribution in [-0.4, -0.2) is 124 Å². The maximum absolute atomic E-state index is 13.8. The average molecular weight is 1270 g/mol. The first kappa shape index (κ1) is 67.1. The molecule has 0 radical (unpaired) electrons. The van der Waals surface area contributed by atoms with Gasteiger partial charge in [0.15, 0.2) is 0 Å². The highest BCUT2D eigenvalue weighted by molar-refractivity contribution is 7.87. The Kier molecular flexibility index (Phi) is 21.5. The van der Waals surface area contributed by atoms with E-state index in [9.17, 15) is 41.1 Å². The van der Waals surface area contributed by atoms with Crippen LogP contribution in [0.3, 0.4) is 0 Å². The Hall–Kier alpha value is -7.34. The number of rotatable bonds is 22. The van der Waals surface area contributed by atoms with Crippen molar-refractivity contribution in [2.75, 3.05) is 54.5 Å². The number of aromatic carboxylic acids is 1. The van der Waals surface area contributed by atoms with Gasteiger partial charge >= 0.3 is 11.9 Å². The third-order valence-electron chi connectivity index (χ3n) is 17.8. The van der Waals surface area contributed by atoms with Gasteiger partial charge in [0.05, 0.1) is 49.8 Å². The molecule has 7 N–H and O–H groups in total. The molecule has 2 aliphatic heterocycles. The molecule has 4 aliphatic rings. The number of nitrogens with one attached hydrogen (secondary N) is 2. The lowest BCUT2D eigenvalue weighted by Crippen LogP contribution is -2.34. The predicted octanol–water partition coefficient (Wildman–Crippen LogP) is 11.0. The number of aromatic nitrogens is 2. The fourth-order valence-corrected chi connectivity index (χ4v) is 13.9. The highest BCUT2D eigenvalue weighted by Gasteiger charge is 2.33. The van der Waals surface area contributed by atoms with Crippen LogP contribution in [0.5, 0.6) is 11.5 Å². The molecule has 10 rings (SSSR count). The first-order chi connectivity index (χ1) is 42.8. The summed E-state index contributed by atoms with van der Waals surface area (Å²) in [6, 6.07) is 23.1. The summed E-state index contributed by atoms with van der Waals surface area (Å²) in [5.41, 5.74) is 11.4. The Bertz CT molecular complexity index is 3960. The van der Waals surface area contributed by atoms with E-state index in [-0.39, 0.29) is 23.3 Å². The van der Waals surface area contributed by atoms with E-state index in [2.05, 4.69) is 31.9 Å². The number of carboxylic acid groups (broad SMARTS) is 1. The van der Waals surface area contributed by atoms with Crippen molar-refractivity contribution in [2.24, 2.45) is 10.3 Å². The first-order valence-corrected chi connectivity index (χ1v) is 34.5. The van der Waals surface area contributed by atoms with Crippen molar-refractivity contribution in [2.45, 2.75) is 154 Å². The van der Waals surface area contributed by atoms with Gasteiger partial charge in [-0.15, -0.1) is 0 Å². The molecule has 484 valence electrons. The van der Waals surface area contributed by atoms with Crippen LogP contribution in [0, 0.1) is 0 Å². The minimum absolute atomic E-state index is 0.169. The summed E-state index contributed by atoms with van der Waals surface area (Å²) in [5, 5.41) is 28.4. The van der Waals surface area contributed by atoms with Crippen LogP contribution < -0.4 is 30.4 Å². The van der Waals surface area contributed by atoms with Crippen molar-refractivity contribution in [1.29, 1.82) is 0 Å². The molecule has 4 aromatic carbocycles. The molecule has 0 bridgehead atoms. The minimum atomic E-state index is -3.70. The second-order valence-electron chi connectivity index (χ2n) is 25.2. The van der Waals surface area contributed by atoms with Gasteiger partial charge in [0.1, 0.15) is 17.1 Å². The van der Waals surface area contributed by atoms with E-state index in [1.165, 1.54) is 50.9 Å². The highest BCUT2D eigenvalue weighted by atomic mass is 32.2. The summed E-state index contributed by atoms with van der Waals surface area (Å²) in [5.74, 6) is 0.388. The number of hydrogen-bond acceptors (Lipinski definition) is 11. The summed E-state index contributed by atoms with van der Waals surface area (Å²) < 4.78 is 69.1. The molecule has 0 saturated heterocycles. The third kappa shape index (κ3) is 15.9. The standard InChI is InChI=1S/C36H48N4O6S.C32H40N4O6S/c1-36(2,3)46-35(42)25-14-16-30-31(22-25)40-23-27(34(41)38-18-10-7-11-19-39(4)47(37,43)44)20-26-21-28(45-5)15-17-29(26)33(40)32(30)24-12-8-6-9-13-24;1-35(43(33,40)41)16-8-4-7-15-34-31(37)24-17-23-18-25(42-2)12-14-26(23)30-29(21-9-5-3-6-10-21)27-13-11-22(32(38)39)19-28(27)36(30)20-24/h14-17,20-22,24H,6-13,18-19,23H2,1-5H3,(H,38,41)(H2,37,43,44);11-14,17-19,21H,3-10,15-16,20H2,1-2H3,(H,34,37)(H,38,39)(H2,33,40,41). The second-order valence-corrected chi connectivity index (χ2v) is 28.6. The van der Waals surface area contributed by atoms with E-state index >= 15 is 0 Å². The number of carbonyl (C=O) groups excluding carboxylic acids is 3. The number of esters is 1. The molecule has 2 amide bonds. The van der Waals surface area contributed by atoms with Crippen LogP contribution in [0.4, 0.5) is 0 Å². The zero-order valence-electron chi connectivity index (χ0n) is 53.0. The largest absolute Gasteiger partial charge is 0.497 e. The number of carbonyl (C=O) groups is 4. The molecular weight excluding hydrogens is 1180 g/mol. The van der Waals surface area contributed by atoms with Crippen molar-refractivity contribution < 1.29 is 55.3 Å². The Labute approximate surface area is 529 Å². The summed E-state index contributed by atoms with van der Waals surface area (Å²) in [7, 11) is -1.24. The Morgan fingerprint density at radius 3 is 1.38 bits per heavy atom. The van der Waals surface area contributed by atoms with E-state index in [0.717, 1.165) is 115 Å². The number of amides is 2. The van der Waals surface area contributed by atoms with Crippen LogP contribution >= 0.6 is 0 Å². The van der Waals surface area contributed by atoms with Crippen LogP contribution in [0.1, 0.15) is 178 Å². The SMILES string of the molecule is COc1ccc2c(c1)C=C(C(=O)NCCCCCN(C)S(N)(=O)=O)Cn1c-2c(C2CCCCC2)c2ccc(C(=O)O)cc21.COc1ccc2c(c1)C=C(C(=O)NCCCCCN(C)S(N)(=O)=O)Cn1c-2c(C2CCCCC2)c2ccc(C(=O)OC(C)(C)C)cc21. The number of benzene rings is 4. The maximum Gasteiger partial charge on any atom is 0.338 e. The number of nitrogens with two attached hydrogens (primary N) is 2. The smallest absolute Gasteiger partial charge is 0.338 e. The number of methoxy groups -OCH3 is 2. The van der Waals surface area contributed by atoms with E-state index < -0.39 is 32.0 Å².